The predicted molar refractivity (Wildman–Crippen MR) is 105 cm³/mol. The van der Waals surface area contributed by atoms with E-state index in [0.717, 1.165) is 36.9 Å². The van der Waals surface area contributed by atoms with Crippen molar-refractivity contribution >= 4 is 23.0 Å². The molecule has 0 radical (unpaired) electrons. The third-order valence-electron chi connectivity index (χ3n) is 6.06. The van der Waals surface area contributed by atoms with E-state index in [9.17, 15) is 19.2 Å². The topological polar surface area (TPSA) is 102 Å². The zero-order valence-corrected chi connectivity index (χ0v) is 16.8. The summed E-state index contributed by atoms with van der Waals surface area (Å²) in [5, 5.41) is 0. The van der Waals surface area contributed by atoms with Crippen LogP contribution in [-0.2, 0) is 30.2 Å². The van der Waals surface area contributed by atoms with Crippen LogP contribution in [0, 0.1) is 0 Å². The van der Waals surface area contributed by atoms with Crippen LogP contribution in [0.4, 0.5) is 0 Å². The molecule has 0 aliphatic carbocycles. The van der Waals surface area contributed by atoms with Crippen molar-refractivity contribution < 1.29 is 9.59 Å². The number of carbonyl (C=O) groups is 2. The minimum Gasteiger partial charge on any atom is -0.341 e. The van der Waals surface area contributed by atoms with E-state index in [1.54, 1.807) is 16.5 Å². The number of carbonyl (C=O) groups excluding carboxylic acids is 2. The molecule has 2 aliphatic rings. The van der Waals surface area contributed by atoms with Crippen molar-refractivity contribution in [3.63, 3.8) is 0 Å². The third-order valence-corrected chi connectivity index (χ3v) is 6.06. The van der Waals surface area contributed by atoms with Crippen molar-refractivity contribution in [2.75, 3.05) is 19.6 Å². The van der Waals surface area contributed by atoms with E-state index in [1.807, 2.05) is 4.90 Å². The van der Waals surface area contributed by atoms with Gasteiger partial charge in [-0.25, -0.2) is 9.78 Å². The van der Waals surface area contributed by atoms with Gasteiger partial charge in [-0.15, -0.1) is 0 Å². The Hall–Kier alpha value is -2.91. The fourth-order valence-electron chi connectivity index (χ4n) is 4.40. The third kappa shape index (κ3) is 3.26. The monoisotopic (exact) mass is 402 g/mol. The predicted octanol–water partition coefficient (Wildman–Crippen LogP) is -0.563. The lowest BCUT2D eigenvalue weighted by Crippen LogP contribution is -2.47. The molecule has 2 amide bonds. The molecule has 4 heterocycles. The highest BCUT2D eigenvalue weighted by molar-refractivity contribution is 5.88. The number of imidazole rings is 1. The van der Waals surface area contributed by atoms with Gasteiger partial charge in [0, 0.05) is 46.7 Å². The standard InChI is InChI=1S/C19H26N6O4/c1-21-16-15(18(28)22(2)19(21)29)24(12-20-16)11-7-14(26)25-10-5-6-13(25)17(27)23-8-3-4-9-23/h12-13H,3-11H2,1-2H3/t13-/m0/s1. The van der Waals surface area contributed by atoms with Crippen molar-refractivity contribution in [1.29, 1.82) is 0 Å². The van der Waals surface area contributed by atoms with Crippen molar-refractivity contribution in [3.8, 4) is 0 Å². The summed E-state index contributed by atoms with van der Waals surface area (Å²) in [4.78, 5) is 57.9. The van der Waals surface area contributed by atoms with E-state index < -0.39 is 11.2 Å². The van der Waals surface area contributed by atoms with Crippen LogP contribution in [-0.4, -0.2) is 66.0 Å². The first-order chi connectivity index (χ1) is 13.9. The van der Waals surface area contributed by atoms with Crippen molar-refractivity contribution in [3.05, 3.63) is 27.2 Å². The first-order valence-corrected chi connectivity index (χ1v) is 10.1. The summed E-state index contributed by atoms with van der Waals surface area (Å²) >= 11 is 0. The molecule has 0 bridgehead atoms. The van der Waals surface area contributed by atoms with Crippen molar-refractivity contribution in [1.82, 2.24) is 28.5 Å². The number of fused-ring (bicyclic) bond motifs is 1. The number of hydrogen-bond donors (Lipinski definition) is 0. The highest BCUT2D eigenvalue weighted by atomic mass is 16.2. The van der Waals surface area contributed by atoms with Crippen LogP contribution in [0.3, 0.4) is 0 Å². The highest BCUT2D eigenvalue weighted by Gasteiger charge is 2.36. The Kier molecular flexibility index (Phi) is 5.01. The van der Waals surface area contributed by atoms with Crippen LogP contribution >= 0.6 is 0 Å². The molecule has 0 aromatic carbocycles. The Morgan fingerprint density at radius 3 is 2.52 bits per heavy atom. The Morgan fingerprint density at radius 1 is 1.07 bits per heavy atom. The van der Waals surface area contributed by atoms with E-state index in [2.05, 4.69) is 4.98 Å². The number of nitrogens with zero attached hydrogens (tertiary/aromatic N) is 6. The van der Waals surface area contributed by atoms with Gasteiger partial charge in [0.25, 0.3) is 5.56 Å². The van der Waals surface area contributed by atoms with Gasteiger partial charge >= 0.3 is 5.69 Å². The molecule has 0 spiro atoms. The summed E-state index contributed by atoms with van der Waals surface area (Å²) in [6.45, 7) is 2.41. The molecule has 2 aromatic heterocycles. The molecule has 0 unspecified atom stereocenters. The van der Waals surface area contributed by atoms with E-state index in [-0.39, 0.29) is 30.8 Å². The molecule has 2 aliphatic heterocycles. The highest BCUT2D eigenvalue weighted by Crippen LogP contribution is 2.22. The first-order valence-electron chi connectivity index (χ1n) is 10.1. The summed E-state index contributed by atoms with van der Waals surface area (Å²) < 4.78 is 3.97. The molecule has 10 nitrogen and oxygen atoms in total. The Morgan fingerprint density at radius 2 is 1.79 bits per heavy atom. The number of likely N-dealkylation sites (tertiary alicyclic amines) is 2. The van der Waals surface area contributed by atoms with Crippen LogP contribution in [0.2, 0.25) is 0 Å². The molecule has 29 heavy (non-hydrogen) atoms. The van der Waals surface area contributed by atoms with Crippen molar-refractivity contribution in [2.24, 2.45) is 14.1 Å². The number of rotatable bonds is 4. The smallest absolute Gasteiger partial charge is 0.332 e. The minimum atomic E-state index is -0.441. The van der Waals surface area contributed by atoms with Crippen LogP contribution in [0.25, 0.3) is 11.2 Å². The van der Waals surface area contributed by atoms with E-state index in [0.29, 0.717) is 24.1 Å². The van der Waals surface area contributed by atoms with Gasteiger partial charge in [0.15, 0.2) is 11.2 Å². The Labute approximate surface area is 167 Å². The average molecular weight is 402 g/mol. The van der Waals surface area contributed by atoms with Gasteiger partial charge in [-0.1, -0.05) is 0 Å². The zero-order chi connectivity index (χ0) is 20.7. The molecule has 2 fully saturated rings. The van der Waals surface area contributed by atoms with Gasteiger partial charge < -0.3 is 14.4 Å². The largest absolute Gasteiger partial charge is 0.341 e. The van der Waals surface area contributed by atoms with Crippen LogP contribution in [0.5, 0.6) is 0 Å². The summed E-state index contributed by atoms with van der Waals surface area (Å²) in [5.74, 6) is -0.0335. The maximum absolute atomic E-state index is 12.9. The SMILES string of the molecule is Cn1c(=O)c2c(ncn2CCC(=O)N2CCC[C@H]2C(=O)N2CCCC2)n(C)c1=O. The van der Waals surface area contributed by atoms with Crippen LogP contribution in [0.1, 0.15) is 32.1 Å². The number of amides is 2. The lowest BCUT2D eigenvalue weighted by molar-refractivity contribution is -0.143. The molecule has 2 aromatic rings. The summed E-state index contributed by atoms with van der Waals surface area (Å²) in [6, 6.07) is -0.367. The lowest BCUT2D eigenvalue weighted by Gasteiger charge is -2.28. The Bertz CT molecular complexity index is 1070. The molecule has 0 N–H and O–H groups in total. The van der Waals surface area contributed by atoms with Gasteiger partial charge in [0.05, 0.1) is 6.33 Å². The van der Waals surface area contributed by atoms with E-state index in [1.165, 1.54) is 17.9 Å². The van der Waals surface area contributed by atoms with Gasteiger partial charge in [0.1, 0.15) is 6.04 Å². The van der Waals surface area contributed by atoms with Crippen LogP contribution < -0.4 is 11.2 Å². The fourth-order valence-corrected chi connectivity index (χ4v) is 4.40. The fraction of sp³-hybridized carbons (Fsp3) is 0.632. The molecule has 1 atom stereocenters. The quantitative estimate of drug-likeness (QED) is 0.682. The first kappa shape index (κ1) is 19.4. The van der Waals surface area contributed by atoms with Gasteiger partial charge in [0.2, 0.25) is 11.8 Å². The molecular formula is C19H26N6O4. The molecule has 10 heteroatoms. The second-order valence-electron chi connectivity index (χ2n) is 7.84. The average Bonchev–Trinajstić information content (AvgIpc) is 3.47. The van der Waals surface area contributed by atoms with E-state index in [4.69, 9.17) is 0 Å². The Balaban J connectivity index is 1.50. The normalized spacial score (nSPS) is 19.4. The number of hydrogen-bond acceptors (Lipinski definition) is 5. The second kappa shape index (κ2) is 7.49. The van der Waals surface area contributed by atoms with Crippen molar-refractivity contribution in [2.45, 2.75) is 44.7 Å². The van der Waals surface area contributed by atoms with E-state index >= 15 is 0 Å². The maximum Gasteiger partial charge on any atom is 0.332 e. The van der Waals surface area contributed by atoms with Crippen LogP contribution in [0.15, 0.2) is 15.9 Å². The maximum atomic E-state index is 12.9. The lowest BCUT2D eigenvalue weighted by atomic mass is 10.2. The molecule has 0 saturated carbocycles. The minimum absolute atomic E-state index is 0.0605. The zero-order valence-electron chi connectivity index (χ0n) is 16.8. The molecule has 156 valence electrons. The summed E-state index contributed by atoms with van der Waals surface area (Å²) in [7, 11) is 2.98. The molecular weight excluding hydrogens is 376 g/mol. The molecule has 4 rings (SSSR count). The van der Waals surface area contributed by atoms with Gasteiger partial charge in [-0.05, 0) is 25.7 Å². The number of aromatic nitrogens is 4. The molecule has 2 saturated heterocycles. The van der Waals surface area contributed by atoms with Gasteiger partial charge in [-0.3, -0.25) is 23.5 Å². The second-order valence-corrected chi connectivity index (χ2v) is 7.84. The number of aryl methyl sites for hydroxylation is 2. The van der Waals surface area contributed by atoms with Gasteiger partial charge in [-0.2, -0.15) is 0 Å². The summed E-state index contributed by atoms with van der Waals surface area (Å²) in [5.41, 5.74) is -0.275. The summed E-state index contributed by atoms with van der Waals surface area (Å²) in [6.07, 6.45) is 5.23.